The largest absolute Gasteiger partial charge is 0.486 e. The van der Waals surface area contributed by atoms with Gasteiger partial charge >= 0.3 is 0 Å². The van der Waals surface area contributed by atoms with Gasteiger partial charge in [0.05, 0.1) is 5.16 Å². The van der Waals surface area contributed by atoms with E-state index in [0.29, 0.717) is 17.0 Å². The average molecular weight is 250 g/mol. The minimum Gasteiger partial charge on any atom is -0.486 e. The molecular weight excluding hydrogens is 236 g/mol. The zero-order valence-electron chi connectivity index (χ0n) is 9.98. The normalized spacial score (nSPS) is 10.5. The van der Waals surface area contributed by atoms with Gasteiger partial charge in [-0.1, -0.05) is 0 Å². The molecule has 1 aromatic rings. The van der Waals surface area contributed by atoms with Crippen molar-refractivity contribution < 1.29 is 9.53 Å². The van der Waals surface area contributed by atoms with Crippen molar-refractivity contribution in [1.29, 1.82) is 0 Å². The molecule has 0 spiro atoms. The van der Waals surface area contributed by atoms with E-state index in [2.05, 4.69) is 22.4 Å². The van der Waals surface area contributed by atoms with E-state index in [-0.39, 0.29) is 5.60 Å². The second kappa shape index (κ2) is 5.08. The van der Waals surface area contributed by atoms with Gasteiger partial charge in [0.2, 0.25) is 5.91 Å². The molecule has 0 fully saturated rings. The van der Waals surface area contributed by atoms with E-state index in [9.17, 15) is 4.79 Å². The summed E-state index contributed by atoms with van der Waals surface area (Å²) in [5.41, 5.74) is 5.63. The van der Waals surface area contributed by atoms with Crippen molar-refractivity contribution >= 4 is 29.0 Å². The van der Waals surface area contributed by atoms with Gasteiger partial charge in [0.15, 0.2) is 0 Å². The van der Waals surface area contributed by atoms with Crippen molar-refractivity contribution in [1.82, 2.24) is 0 Å². The van der Waals surface area contributed by atoms with Crippen molar-refractivity contribution in [2.45, 2.75) is 26.4 Å². The number of carbonyl (C=O) groups excluding carboxylic acids is 1. The number of aliphatic imine (C=N–C) groups is 1. The Balaban J connectivity index is 3.22. The molecule has 0 aliphatic heterocycles. The molecule has 0 saturated heterocycles. The number of thiocarbonyl (C=S) groups is 1. The summed E-state index contributed by atoms with van der Waals surface area (Å²) in [5.74, 6) is 0.0213. The van der Waals surface area contributed by atoms with Crippen molar-refractivity contribution in [3.05, 3.63) is 23.8 Å². The van der Waals surface area contributed by atoms with Gasteiger partial charge in [0, 0.05) is 5.56 Å². The summed E-state index contributed by atoms with van der Waals surface area (Å²) in [4.78, 5) is 14.9. The summed E-state index contributed by atoms with van der Waals surface area (Å²) in [7, 11) is 0. The Morgan fingerprint density at radius 1 is 1.47 bits per heavy atom. The lowest BCUT2D eigenvalue weighted by atomic mass is 10.1. The minimum absolute atomic E-state index is 0.357. The minimum atomic E-state index is -0.520. The number of rotatable bonds is 3. The van der Waals surface area contributed by atoms with E-state index < -0.39 is 5.91 Å². The molecule has 0 saturated carbocycles. The summed E-state index contributed by atoms with van der Waals surface area (Å²) in [6, 6.07) is 4.77. The lowest BCUT2D eigenvalue weighted by Gasteiger charge is -2.22. The molecule has 4 nitrogen and oxygen atoms in total. The van der Waals surface area contributed by atoms with Gasteiger partial charge in [-0.25, -0.2) is 0 Å². The fourth-order valence-corrected chi connectivity index (χ4v) is 1.32. The van der Waals surface area contributed by atoms with Gasteiger partial charge in [0.25, 0.3) is 0 Å². The highest BCUT2D eigenvalue weighted by atomic mass is 32.1. The van der Waals surface area contributed by atoms with Crippen molar-refractivity contribution in [3.63, 3.8) is 0 Å². The second-order valence-electron chi connectivity index (χ2n) is 4.46. The lowest BCUT2D eigenvalue weighted by Crippen LogP contribution is -2.23. The average Bonchev–Trinajstić information content (AvgIpc) is 2.18. The van der Waals surface area contributed by atoms with Crippen LogP contribution in [0.4, 0.5) is 5.69 Å². The van der Waals surface area contributed by atoms with E-state index in [1.165, 1.54) is 6.07 Å². The quantitative estimate of drug-likeness (QED) is 0.662. The third-order valence-corrected chi connectivity index (χ3v) is 1.92. The first-order valence-corrected chi connectivity index (χ1v) is 5.45. The summed E-state index contributed by atoms with van der Waals surface area (Å²) in [6.45, 7) is 5.75. The van der Waals surface area contributed by atoms with Crippen LogP contribution in [-0.2, 0) is 0 Å². The van der Waals surface area contributed by atoms with Gasteiger partial charge in [-0.3, -0.25) is 4.79 Å². The molecule has 0 radical (unpaired) electrons. The maximum atomic E-state index is 11.0. The molecule has 1 rings (SSSR count). The SMILES string of the molecule is CC(C)(C)Oc1ccc(C(N)=O)cc1N=C=S. The fraction of sp³-hybridized carbons (Fsp3) is 0.333. The van der Waals surface area contributed by atoms with Gasteiger partial charge in [-0.15, -0.1) is 0 Å². The van der Waals surface area contributed by atoms with Crippen LogP contribution in [0.3, 0.4) is 0 Å². The standard InChI is InChI=1S/C12H14N2O2S/c1-12(2,3)16-10-5-4-8(11(13)15)6-9(10)14-7-17/h4-6H,1-3H3,(H2,13,15). The summed E-state index contributed by atoms with van der Waals surface area (Å²) in [6.07, 6.45) is 0. The predicted octanol–water partition coefficient (Wildman–Crippen LogP) is 2.70. The monoisotopic (exact) mass is 250 g/mol. The molecule has 0 unspecified atom stereocenters. The number of carbonyl (C=O) groups is 1. The third kappa shape index (κ3) is 3.98. The molecule has 0 aliphatic carbocycles. The second-order valence-corrected chi connectivity index (χ2v) is 4.65. The number of hydrogen-bond donors (Lipinski definition) is 1. The number of amides is 1. The number of hydrogen-bond acceptors (Lipinski definition) is 4. The fourth-order valence-electron chi connectivity index (χ4n) is 1.22. The number of isothiocyanates is 1. The highest BCUT2D eigenvalue weighted by molar-refractivity contribution is 7.78. The highest BCUT2D eigenvalue weighted by Crippen LogP contribution is 2.31. The Morgan fingerprint density at radius 2 is 2.12 bits per heavy atom. The summed E-state index contributed by atoms with van der Waals surface area (Å²) in [5, 5.41) is 2.25. The number of ether oxygens (including phenoxy) is 1. The van der Waals surface area contributed by atoms with E-state index in [1.807, 2.05) is 20.8 Å². The lowest BCUT2D eigenvalue weighted by molar-refractivity contribution is 0.1000. The van der Waals surface area contributed by atoms with Crippen molar-refractivity contribution in [2.75, 3.05) is 0 Å². The molecule has 0 aromatic heterocycles. The Morgan fingerprint density at radius 3 is 2.59 bits per heavy atom. The highest BCUT2D eigenvalue weighted by Gasteiger charge is 2.15. The van der Waals surface area contributed by atoms with E-state index in [4.69, 9.17) is 10.5 Å². The van der Waals surface area contributed by atoms with Gasteiger partial charge in [0.1, 0.15) is 17.0 Å². The molecule has 5 heteroatoms. The maximum Gasteiger partial charge on any atom is 0.248 e. The van der Waals surface area contributed by atoms with Crippen molar-refractivity contribution in [3.8, 4) is 5.75 Å². The summed E-state index contributed by atoms with van der Waals surface area (Å²) >= 11 is 4.56. The van der Waals surface area contributed by atoms with Gasteiger partial charge in [-0.2, -0.15) is 4.99 Å². The molecule has 1 aromatic carbocycles. The number of primary amides is 1. The maximum absolute atomic E-state index is 11.0. The van der Waals surface area contributed by atoms with E-state index in [1.54, 1.807) is 12.1 Å². The first kappa shape index (κ1) is 13.4. The molecule has 0 heterocycles. The van der Waals surface area contributed by atoms with Gasteiger partial charge < -0.3 is 10.5 Å². The first-order valence-electron chi connectivity index (χ1n) is 5.04. The zero-order valence-corrected chi connectivity index (χ0v) is 10.8. The van der Waals surface area contributed by atoms with Crippen LogP contribution >= 0.6 is 12.2 Å². The molecule has 90 valence electrons. The van der Waals surface area contributed by atoms with Crippen LogP contribution in [0.5, 0.6) is 5.75 Å². The molecular formula is C12H14N2O2S. The third-order valence-electron chi connectivity index (χ3n) is 1.83. The van der Waals surface area contributed by atoms with Crippen LogP contribution in [0.2, 0.25) is 0 Å². The molecule has 17 heavy (non-hydrogen) atoms. The number of nitrogens with zero attached hydrogens (tertiary/aromatic N) is 1. The molecule has 0 atom stereocenters. The van der Waals surface area contributed by atoms with E-state index in [0.717, 1.165) is 0 Å². The Labute approximate surface area is 105 Å². The Kier molecular flexibility index (Phi) is 3.99. The number of nitrogens with two attached hydrogens (primary N) is 1. The van der Waals surface area contributed by atoms with Gasteiger partial charge in [-0.05, 0) is 51.2 Å². The molecule has 1 amide bonds. The molecule has 0 aliphatic rings. The summed E-state index contributed by atoms with van der Waals surface area (Å²) < 4.78 is 5.69. The number of benzene rings is 1. The zero-order chi connectivity index (χ0) is 13.1. The predicted molar refractivity (Wildman–Crippen MR) is 70.0 cm³/mol. The smallest absolute Gasteiger partial charge is 0.248 e. The Hall–Kier alpha value is -1.71. The van der Waals surface area contributed by atoms with Crippen LogP contribution in [0.25, 0.3) is 0 Å². The molecule has 0 bridgehead atoms. The Bertz CT molecular complexity index is 486. The van der Waals surface area contributed by atoms with Crippen LogP contribution in [-0.4, -0.2) is 16.7 Å². The topological polar surface area (TPSA) is 64.7 Å². The van der Waals surface area contributed by atoms with Crippen LogP contribution < -0.4 is 10.5 Å². The van der Waals surface area contributed by atoms with Crippen LogP contribution in [0.1, 0.15) is 31.1 Å². The van der Waals surface area contributed by atoms with Crippen molar-refractivity contribution in [2.24, 2.45) is 10.7 Å². The van der Waals surface area contributed by atoms with Crippen LogP contribution in [0, 0.1) is 0 Å². The first-order chi connectivity index (χ1) is 7.83. The van der Waals surface area contributed by atoms with Crippen LogP contribution in [0.15, 0.2) is 23.2 Å². The molecule has 2 N–H and O–H groups in total. The van der Waals surface area contributed by atoms with E-state index >= 15 is 0 Å².